The molecule has 1 aromatic heterocycles. The van der Waals surface area contributed by atoms with Crippen LogP contribution in [0.15, 0.2) is 41.7 Å². The number of nitrogens with one attached hydrogen (secondary N) is 1. The first-order valence-corrected chi connectivity index (χ1v) is 7.11. The molecule has 2 aromatic rings. The van der Waals surface area contributed by atoms with Gasteiger partial charge in [-0.1, -0.05) is 17.7 Å². The molecule has 0 spiro atoms. The summed E-state index contributed by atoms with van der Waals surface area (Å²) >= 11 is 0. The summed E-state index contributed by atoms with van der Waals surface area (Å²) < 4.78 is 28.7. The van der Waals surface area contributed by atoms with Gasteiger partial charge in [-0.15, -0.1) is 0 Å². The van der Waals surface area contributed by atoms with Crippen LogP contribution in [0.3, 0.4) is 0 Å². The van der Waals surface area contributed by atoms with Crippen LogP contribution in [0.1, 0.15) is 5.56 Å². The second kappa shape index (κ2) is 5.23. The van der Waals surface area contributed by atoms with E-state index in [1.54, 1.807) is 12.1 Å². The van der Waals surface area contributed by atoms with E-state index in [2.05, 4.69) is 9.97 Å². The van der Waals surface area contributed by atoms with Crippen LogP contribution in [0.2, 0.25) is 0 Å². The minimum Gasteiger partial charge on any atom is -0.407 e. The lowest BCUT2D eigenvalue weighted by molar-refractivity contribution is -0.131. The summed E-state index contributed by atoms with van der Waals surface area (Å²) in [7, 11) is -3.69. The smallest absolute Gasteiger partial charge is 0.328 e. The Morgan fingerprint density at radius 3 is 2.58 bits per heavy atom. The molecule has 0 fully saturated rings. The van der Waals surface area contributed by atoms with E-state index in [-0.39, 0.29) is 10.8 Å². The molecule has 19 heavy (non-hydrogen) atoms. The van der Waals surface area contributed by atoms with E-state index in [1.807, 2.05) is 6.92 Å². The maximum Gasteiger partial charge on any atom is 0.328 e. The van der Waals surface area contributed by atoms with Gasteiger partial charge >= 0.3 is 5.97 Å². The van der Waals surface area contributed by atoms with E-state index in [0.717, 1.165) is 5.56 Å². The van der Waals surface area contributed by atoms with Crippen LogP contribution in [0.5, 0.6) is 5.88 Å². The standard InChI is InChI=1S/C12H12N2O4S/c1-9-2-4-10(5-3-9)19(16,17)7-12(15)18-11-6-13-8-14-11/h2-6,8H,7H2,1H3,(H,13,14). The number of H-pyrrole nitrogens is 1. The van der Waals surface area contributed by atoms with Crippen LogP contribution in [0.4, 0.5) is 0 Å². The number of nitrogens with zero attached hydrogens (tertiary/aromatic N) is 1. The summed E-state index contributed by atoms with van der Waals surface area (Å²) in [5, 5.41) is 0. The van der Waals surface area contributed by atoms with Crippen LogP contribution < -0.4 is 4.74 Å². The number of hydrogen-bond donors (Lipinski definition) is 1. The zero-order chi connectivity index (χ0) is 13.9. The van der Waals surface area contributed by atoms with Gasteiger partial charge in [0.25, 0.3) is 0 Å². The molecule has 7 heteroatoms. The average Bonchev–Trinajstić information content (AvgIpc) is 2.81. The van der Waals surface area contributed by atoms with Gasteiger partial charge in [0.15, 0.2) is 15.6 Å². The first kappa shape index (κ1) is 13.3. The molecular formula is C12H12N2O4S. The SMILES string of the molecule is Cc1ccc(S(=O)(=O)CC(=O)Oc2cnc[nH]2)cc1. The highest BCUT2D eigenvalue weighted by Gasteiger charge is 2.21. The van der Waals surface area contributed by atoms with Crippen molar-refractivity contribution in [2.45, 2.75) is 11.8 Å². The Morgan fingerprint density at radius 1 is 1.32 bits per heavy atom. The fraction of sp³-hybridized carbons (Fsp3) is 0.167. The zero-order valence-corrected chi connectivity index (χ0v) is 11.0. The lowest BCUT2D eigenvalue weighted by Crippen LogP contribution is -2.21. The highest BCUT2D eigenvalue weighted by atomic mass is 32.2. The number of rotatable bonds is 4. The van der Waals surface area contributed by atoms with Crippen molar-refractivity contribution in [2.24, 2.45) is 0 Å². The number of aromatic amines is 1. The molecular weight excluding hydrogens is 268 g/mol. The monoisotopic (exact) mass is 280 g/mol. The molecule has 0 bridgehead atoms. The third-order valence-electron chi connectivity index (χ3n) is 2.38. The molecule has 0 amide bonds. The van der Waals surface area contributed by atoms with Crippen LogP contribution >= 0.6 is 0 Å². The highest BCUT2D eigenvalue weighted by Crippen LogP contribution is 2.13. The van der Waals surface area contributed by atoms with Crippen LogP contribution in [-0.4, -0.2) is 30.1 Å². The number of esters is 1. The summed E-state index contributed by atoms with van der Waals surface area (Å²) in [5.74, 6) is -1.45. The van der Waals surface area contributed by atoms with Gasteiger partial charge in [-0.25, -0.2) is 13.4 Å². The Labute approximate surface area is 110 Å². The van der Waals surface area contributed by atoms with Crippen molar-refractivity contribution < 1.29 is 17.9 Å². The van der Waals surface area contributed by atoms with Crippen molar-refractivity contribution in [3.63, 3.8) is 0 Å². The summed E-state index contributed by atoms with van der Waals surface area (Å²) in [6.07, 6.45) is 2.62. The van der Waals surface area contributed by atoms with Crippen LogP contribution in [0.25, 0.3) is 0 Å². The number of aryl methyl sites for hydroxylation is 1. The molecule has 0 unspecified atom stereocenters. The van der Waals surface area contributed by atoms with Gasteiger partial charge < -0.3 is 9.72 Å². The van der Waals surface area contributed by atoms with Gasteiger partial charge in [0, 0.05) is 0 Å². The quantitative estimate of drug-likeness (QED) is 0.847. The normalized spacial score (nSPS) is 11.2. The summed E-state index contributed by atoms with van der Waals surface area (Å²) in [5.41, 5.74) is 0.944. The highest BCUT2D eigenvalue weighted by molar-refractivity contribution is 7.92. The molecule has 100 valence electrons. The number of aromatic nitrogens is 2. The Morgan fingerprint density at radius 2 is 2.00 bits per heavy atom. The fourth-order valence-corrected chi connectivity index (χ4v) is 2.52. The maximum absolute atomic E-state index is 12.0. The summed E-state index contributed by atoms with van der Waals surface area (Å²) in [4.78, 5) is 17.8. The Bertz CT molecular complexity index is 660. The predicted octanol–water partition coefficient (Wildman–Crippen LogP) is 1.10. The molecule has 0 radical (unpaired) electrons. The van der Waals surface area contributed by atoms with Crippen molar-refractivity contribution >= 4 is 15.8 Å². The Balaban J connectivity index is 2.09. The fourth-order valence-electron chi connectivity index (χ4n) is 1.44. The Hall–Kier alpha value is -2.15. The summed E-state index contributed by atoms with van der Waals surface area (Å²) in [6, 6.07) is 6.28. The number of benzene rings is 1. The van der Waals surface area contributed by atoms with Gasteiger partial charge in [-0.2, -0.15) is 0 Å². The van der Waals surface area contributed by atoms with E-state index < -0.39 is 21.6 Å². The van der Waals surface area contributed by atoms with Gasteiger partial charge in [0.05, 0.1) is 17.4 Å². The lowest BCUT2D eigenvalue weighted by Gasteiger charge is -2.04. The molecule has 0 aliphatic rings. The van der Waals surface area contributed by atoms with E-state index in [4.69, 9.17) is 4.74 Å². The minimum atomic E-state index is -3.69. The second-order valence-corrected chi connectivity index (χ2v) is 5.95. The number of ether oxygens (including phenoxy) is 1. The maximum atomic E-state index is 12.0. The first-order chi connectivity index (χ1) is 8.97. The molecule has 0 atom stereocenters. The average molecular weight is 280 g/mol. The van der Waals surface area contributed by atoms with Crippen molar-refractivity contribution in [1.82, 2.24) is 9.97 Å². The van der Waals surface area contributed by atoms with E-state index in [0.29, 0.717) is 0 Å². The molecule has 1 N–H and O–H groups in total. The van der Waals surface area contributed by atoms with Gasteiger partial charge in [-0.05, 0) is 19.1 Å². The lowest BCUT2D eigenvalue weighted by atomic mass is 10.2. The number of carbonyl (C=O) groups is 1. The molecule has 1 aromatic carbocycles. The zero-order valence-electron chi connectivity index (χ0n) is 10.2. The predicted molar refractivity (Wildman–Crippen MR) is 67.5 cm³/mol. The molecule has 6 nitrogen and oxygen atoms in total. The third kappa shape index (κ3) is 3.41. The molecule has 0 aliphatic heterocycles. The molecule has 0 saturated carbocycles. The first-order valence-electron chi connectivity index (χ1n) is 5.46. The number of sulfone groups is 1. The minimum absolute atomic E-state index is 0.0969. The molecule has 2 rings (SSSR count). The van der Waals surface area contributed by atoms with E-state index in [9.17, 15) is 13.2 Å². The van der Waals surface area contributed by atoms with E-state index in [1.165, 1.54) is 24.7 Å². The van der Waals surface area contributed by atoms with Crippen molar-refractivity contribution in [2.75, 3.05) is 5.75 Å². The molecule has 0 aliphatic carbocycles. The number of carbonyl (C=O) groups excluding carboxylic acids is 1. The van der Waals surface area contributed by atoms with Crippen molar-refractivity contribution in [3.05, 3.63) is 42.4 Å². The van der Waals surface area contributed by atoms with Crippen molar-refractivity contribution in [3.8, 4) is 5.88 Å². The molecule has 1 heterocycles. The summed E-state index contributed by atoms with van der Waals surface area (Å²) in [6.45, 7) is 1.85. The second-order valence-electron chi connectivity index (χ2n) is 3.96. The Kier molecular flexibility index (Phi) is 3.66. The number of hydrogen-bond acceptors (Lipinski definition) is 5. The van der Waals surface area contributed by atoms with Gasteiger partial charge in [0.1, 0.15) is 0 Å². The topological polar surface area (TPSA) is 89.1 Å². The van der Waals surface area contributed by atoms with Crippen LogP contribution in [0, 0.1) is 6.92 Å². The third-order valence-corrected chi connectivity index (χ3v) is 3.99. The molecule has 0 saturated heterocycles. The van der Waals surface area contributed by atoms with Crippen LogP contribution in [-0.2, 0) is 14.6 Å². The van der Waals surface area contributed by atoms with Gasteiger partial charge in [0.2, 0.25) is 5.88 Å². The number of imidazole rings is 1. The van der Waals surface area contributed by atoms with E-state index >= 15 is 0 Å². The van der Waals surface area contributed by atoms with Gasteiger partial charge in [-0.3, -0.25) is 4.79 Å². The van der Waals surface area contributed by atoms with Crippen molar-refractivity contribution in [1.29, 1.82) is 0 Å². The largest absolute Gasteiger partial charge is 0.407 e.